The third kappa shape index (κ3) is 4.69. The predicted molar refractivity (Wildman–Crippen MR) is 127 cm³/mol. The van der Waals surface area contributed by atoms with Crippen LogP contribution < -0.4 is 4.90 Å². The van der Waals surface area contributed by atoms with Crippen LogP contribution in [-0.4, -0.2) is 48.6 Å². The first-order chi connectivity index (χ1) is 15.4. The first-order valence-electron chi connectivity index (χ1n) is 11.5. The summed E-state index contributed by atoms with van der Waals surface area (Å²) in [7, 11) is 0. The smallest absolute Gasteiger partial charge is 0.362 e. The highest BCUT2D eigenvalue weighted by atomic mass is 35.5. The minimum atomic E-state index is -0.221. The van der Waals surface area contributed by atoms with Crippen molar-refractivity contribution in [2.75, 3.05) is 31.1 Å². The molecular weight excluding hydrogens is 424 g/mol. The topological polar surface area (TPSA) is 46.6 Å². The number of ether oxygens (including phenoxy) is 1. The van der Waals surface area contributed by atoms with E-state index in [9.17, 15) is 9.59 Å². The van der Waals surface area contributed by atoms with Crippen molar-refractivity contribution < 1.29 is 18.8 Å². The lowest BCUT2D eigenvalue weighted by molar-refractivity contribution is -0.939. The molecule has 0 radical (unpaired) electrons. The summed E-state index contributed by atoms with van der Waals surface area (Å²) in [4.78, 5) is 28.5. The highest BCUT2D eigenvalue weighted by Crippen LogP contribution is 2.36. The van der Waals surface area contributed by atoms with Crippen molar-refractivity contribution in [2.45, 2.75) is 52.2 Å². The van der Waals surface area contributed by atoms with Gasteiger partial charge in [0.2, 0.25) is 0 Å². The molecule has 2 aromatic carbocycles. The number of hydrogen-bond donors (Lipinski definition) is 0. The van der Waals surface area contributed by atoms with Gasteiger partial charge in [0.15, 0.2) is 12.6 Å². The second-order valence-electron chi connectivity index (χ2n) is 9.21. The van der Waals surface area contributed by atoms with Crippen molar-refractivity contribution in [3.05, 3.63) is 64.2 Å². The number of hydrogen-bond acceptors (Lipinski definition) is 3. The number of anilines is 1. The van der Waals surface area contributed by atoms with Gasteiger partial charge in [0, 0.05) is 23.7 Å². The number of benzene rings is 2. The number of rotatable bonds is 6. The Bertz CT molecular complexity index is 963. The van der Waals surface area contributed by atoms with Gasteiger partial charge in [-0.2, -0.15) is 0 Å². The largest absolute Gasteiger partial charge is 0.457 e. The zero-order valence-corrected chi connectivity index (χ0v) is 19.7. The molecule has 2 aliphatic rings. The van der Waals surface area contributed by atoms with Crippen LogP contribution in [0, 0.1) is 13.8 Å². The van der Waals surface area contributed by atoms with Crippen molar-refractivity contribution in [3.63, 3.8) is 0 Å². The minimum Gasteiger partial charge on any atom is -0.457 e. The number of likely N-dealkylation sites (tertiary alicyclic amines) is 1. The number of nitrogens with zero attached hydrogens (tertiary/aromatic N) is 2. The second-order valence-corrected chi connectivity index (χ2v) is 9.65. The van der Waals surface area contributed by atoms with Gasteiger partial charge in [-0.3, -0.25) is 4.79 Å². The quantitative estimate of drug-likeness (QED) is 0.464. The second kappa shape index (κ2) is 9.63. The Balaban J connectivity index is 1.52. The maximum atomic E-state index is 13.7. The fraction of sp³-hybridized carbons (Fsp3) is 0.462. The van der Waals surface area contributed by atoms with Gasteiger partial charge in [-0.25, -0.2) is 4.79 Å². The lowest BCUT2D eigenvalue weighted by Gasteiger charge is -2.44. The fourth-order valence-corrected chi connectivity index (χ4v) is 5.81. The molecule has 2 fully saturated rings. The van der Waals surface area contributed by atoms with Gasteiger partial charge in [0.25, 0.3) is 5.91 Å². The molecular formula is C26H32ClN2O3+. The average molecular weight is 456 g/mol. The first-order valence-corrected chi connectivity index (χ1v) is 11.9. The van der Waals surface area contributed by atoms with Crippen LogP contribution in [0.2, 0.25) is 5.02 Å². The summed E-state index contributed by atoms with van der Waals surface area (Å²) >= 11 is 6.21. The lowest BCUT2D eigenvalue weighted by Crippen LogP contribution is -2.62. The van der Waals surface area contributed by atoms with E-state index < -0.39 is 0 Å². The zero-order chi connectivity index (χ0) is 22.7. The Morgan fingerprint density at radius 3 is 2.41 bits per heavy atom. The Hall–Kier alpha value is -2.37. The molecule has 2 aliphatic heterocycles. The van der Waals surface area contributed by atoms with E-state index in [0.29, 0.717) is 16.1 Å². The van der Waals surface area contributed by atoms with Gasteiger partial charge >= 0.3 is 5.97 Å². The number of piperidine rings is 1. The van der Waals surface area contributed by atoms with Crippen LogP contribution in [-0.2, 0) is 20.9 Å². The third-order valence-electron chi connectivity index (χ3n) is 6.96. The summed E-state index contributed by atoms with van der Waals surface area (Å²) in [6.45, 7) is 6.91. The number of amides is 1. The maximum absolute atomic E-state index is 13.7. The number of aryl methyl sites for hydroxylation is 2. The summed E-state index contributed by atoms with van der Waals surface area (Å²) in [5, 5.41) is 0.688. The van der Waals surface area contributed by atoms with Crippen molar-refractivity contribution in [2.24, 2.45) is 0 Å². The van der Waals surface area contributed by atoms with Gasteiger partial charge < -0.3 is 14.1 Å². The van der Waals surface area contributed by atoms with E-state index in [-0.39, 0.29) is 31.1 Å². The van der Waals surface area contributed by atoms with Crippen LogP contribution in [0.3, 0.4) is 0 Å². The Morgan fingerprint density at radius 2 is 1.75 bits per heavy atom. The van der Waals surface area contributed by atoms with Crippen LogP contribution in [0.1, 0.15) is 42.4 Å². The van der Waals surface area contributed by atoms with Crippen LogP contribution in [0.25, 0.3) is 0 Å². The molecule has 2 aromatic rings. The van der Waals surface area contributed by atoms with E-state index in [2.05, 4.69) is 0 Å². The molecule has 2 saturated heterocycles. The van der Waals surface area contributed by atoms with E-state index >= 15 is 0 Å². The van der Waals surface area contributed by atoms with Crippen molar-refractivity contribution in [1.29, 1.82) is 0 Å². The lowest BCUT2D eigenvalue weighted by atomic mass is 10.0. The SMILES string of the molecule is Cc1cc(Cl)cc(C)c1N1CCC([N+]2(CC(=O)OCc3ccccc3)CCCCC2)C1=O. The van der Waals surface area contributed by atoms with Crippen molar-refractivity contribution in [1.82, 2.24) is 0 Å². The summed E-state index contributed by atoms with van der Waals surface area (Å²) in [5.74, 6) is -0.0999. The Labute approximate surface area is 195 Å². The molecule has 1 unspecified atom stereocenters. The number of carbonyl (C=O) groups excluding carboxylic acids is 2. The molecule has 4 rings (SSSR count). The zero-order valence-electron chi connectivity index (χ0n) is 19.0. The molecule has 170 valence electrons. The highest BCUT2D eigenvalue weighted by Gasteiger charge is 2.50. The Kier molecular flexibility index (Phi) is 6.87. The fourth-order valence-electron chi connectivity index (χ4n) is 5.49. The predicted octanol–water partition coefficient (Wildman–Crippen LogP) is 4.81. The molecule has 0 aromatic heterocycles. The molecule has 1 atom stereocenters. The van der Waals surface area contributed by atoms with E-state index in [0.717, 1.165) is 61.2 Å². The number of carbonyl (C=O) groups is 2. The van der Waals surface area contributed by atoms with Crippen LogP contribution in [0.4, 0.5) is 5.69 Å². The molecule has 1 amide bonds. The summed E-state index contributed by atoms with van der Waals surface area (Å²) < 4.78 is 6.14. The minimum absolute atomic E-state index is 0.122. The average Bonchev–Trinajstić information content (AvgIpc) is 3.15. The van der Waals surface area contributed by atoms with Crippen LogP contribution in [0.15, 0.2) is 42.5 Å². The van der Waals surface area contributed by atoms with Crippen molar-refractivity contribution in [3.8, 4) is 0 Å². The van der Waals surface area contributed by atoms with Gasteiger partial charge in [-0.15, -0.1) is 0 Å². The molecule has 2 heterocycles. The van der Waals surface area contributed by atoms with Gasteiger partial charge in [-0.1, -0.05) is 41.9 Å². The molecule has 0 N–H and O–H groups in total. The number of esters is 1. The van der Waals surface area contributed by atoms with E-state index in [1.807, 2.05) is 61.2 Å². The molecule has 5 nitrogen and oxygen atoms in total. The van der Waals surface area contributed by atoms with Crippen LogP contribution >= 0.6 is 11.6 Å². The summed E-state index contributed by atoms with van der Waals surface area (Å²) in [6, 6.07) is 13.4. The van der Waals surface area contributed by atoms with E-state index in [1.54, 1.807) is 0 Å². The van der Waals surface area contributed by atoms with Crippen molar-refractivity contribution >= 4 is 29.2 Å². The summed E-state index contributed by atoms with van der Waals surface area (Å²) in [5.41, 5.74) is 3.96. The molecule has 0 spiro atoms. The standard InChI is InChI=1S/C26H32ClN2O3/c1-19-15-22(27)16-20(2)25(19)28-12-11-23(26(28)31)29(13-7-4-8-14-29)17-24(30)32-18-21-9-5-3-6-10-21/h3,5-6,9-10,15-16,23H,4,7-8,11-14,17-18H2,1-2H3/q+1. The molecule has 32 heavy (non-hydrogen) atoms. The van der Waals surface area contributed by atoms with Gasteiger partial charge in [0.1, 0.15) is 6.61 Å². The number of quaternary nitrogens is 1. The van der Waals surface area contributed by atoms with E-state index in [4.69, 9.17) is 16.3 Å². The van der Waals surface area contributed by atoms with Gasteiger partial charge in [-0.05, 0) is 61.9 Å². The van der Waals surface area contributed by atoms with E-state index in [1.165, 1.54) is 0 Å². The van der Waals surface area contributed by atoms with Crippen LogP contribution in [0.5, 0.6) is 0 Å². The monoisotopic (exact) mass is 455 g/mol. The molecule has 0 saturated carbocycles. The highest BCUT2D eigenvalue weighted by molar-refractivity contribution is 6.30. The van der Waals surface area contributed by atoms with Gasteiger partial charge in [0.05, 0.1) is 13.1 Å². The molecule has 0 bridgehead atoms. The summed E-state index contributed by atoms with van der Waals surface area (Å²) in [6.07, 6.45) is 3.98. The third-order valence-corrected chi connectivity index (χ3v) is 7.18. The maximum Gasteiger partial charge on any atom is 0.362 e. The molecule has 6 heteroatoms. The first kappa shape index (κ1) is 22.8. The normalized spacial score (nSPS) is 20.4. The Morgan fingerprint density at radius 1 is 1.09 bits per heavy atom. The number of halogens is 1. The molecule has 0 aliphatic carbocycles.